The van der Waals surface area contributed by atoms with Gasteiger partial charge in [-0.05, 0) is 43.9 Å². The molecule has 0 aliphatic carbocycles. The maximum absolute atomic E-state index is 13.9. The first-order valence-electron chi connectivity index (χ1n) is 16.5. The molecule has 1 aromatic carbocycles. The second-order valence-electron chi connectivity index (χ2n) is 13.0. The average Bonchev–Trinajstić information content (AvgIpc) is 3.09. The molecule has 0 aliphatic heterocycles. The molecule has 0 spiro atoms. The number of alkyl halides is 26. The van der Waals surface area contributed by atoms with Crippen LogP contribution in [0.5, 0.6) is 11.5 Å². The molecule has 0 atom stereocenters. The van der Waals surface area contributed by atoms with E-state index in [1.165, 1.54) is 0 Å². The Hall–Kier alpha value is -3.53. The van der Waals surface area contributed by atoms with E-state index in [9.17, 15) is 124 Å². The van der Waals surface area contributed by atoms with Gasteiger partial charge in [0.15, 0.2) is 11.5 Å². The molecule has 0 heterocycles. The Balaban J connectivity index is 2.78. The van der Waals surface area contributed by atoms with E-state index in [2.05, 4.69) is 0 Å². The average molecular weight is 959 g/mol. The summed E-state index contributed by atoms with van der Waals surface area (Å²) in [6.45, 7) is -1.01. The minimum absolute atomic E-state index is 0.258. The Morgan fingerprint density at radius 3 is 1.00 bits per heavy atom. The van der Waals surface area contributed by atoms with Crippen molar-refractivity contribution in [3.63, 3.8) is 0 Å². The Labute approximate surface area is 324 Å². The number of aromatic carboxylic acids is 1. The molecule has 0 aromatic heterocycles. The van der Waals surface area contributed by atoms with Gasteiger partial charge >= 0.3 is 77.5 Å². The van der Waals surface area contributed by atoms with Crippen molar-refractivity contribution in [3.8, 4) is 11.5 Å². The summed E-state index contributed by atoms with van der Waals surface area (Å²) in [7, 11) is 0. The number of ether oxygens (including phenoxy) is 2. The van der Waals surface area contributed by atoms with E-state index >= 15 is 0 Å². The third-order valence-electron chi connectivity index (χ3n) is 8.47. The quantitative estimate of drug-likeness (QED) is 0.0784. The number of hydrogen-bond acceptors (Lipinski definition) is 3. The van der Waals surface area contributed by atoms with E-state index in [-0.39, 0.29) is 31.4 Å². The van der Waals surface area contributed by atoms with Crippen LogP contribution < -0.4 is 9.47 Å². The minimum atomic E-state index is -8.05. The minimum Gasteiger partial charge on any atom is -0.490 e. The van der Waals surface area contributed by atoms with E-state index in [1.807, 2.05) is 0 Å². The van der Waals surface area contributed by atoms with E-state index < -0.39 is 141 Å². The van der Waals surface area contributed by atoms with E-state index in [4.69, 9.17) is 9.47 Å². The number of benzene rings is 1. The summed E-state index contributed by atoms with van der Waals surface area (Å²) in [5.41, 5.74) is -0.482. The highest BCUT2D eigenvalue weighted by molar-refractivity contribution is 5.88. The molecule has 358 valence electrons. The highest BCUT2D eigenvalue weighted by Crippen LogP contribution is 2.62. The number of carbonyl (C=O) groups is 1. The number of unbranched alkanes of at least 4 members (excludes halogenated alkanes) is 6. The van der Waals surface area contributed by atoms with Crippen molar-refractivity contribution in [1.82, 2.24) is 0 Å². The van der Waals surface area contributed by atoms with Gasteiger partial charge in [0.25, 0.3) is 0 Å². The second kappa shape index (κ2) is 18.3. The number of halogens is 26. The third-order valence-corrected chi connectivity index (χ3v) is 8.47. The molecule has 0 radical (unpaired) electrons. The third kappa shape index (κ3) is 10.6. The van der Waals surface area contributed by atoms with Crippen LogP contribution in [-0.4, -0.2) is 95.9 Å². The van der Waals surface area contributed by atoms with E-state index in [1.54, 1.807) is 0 Å². The van der Waals surface area contributed by atoms with E-state index in [0.29, 0.717) is 0 Å². The van der Waals surface area contributed by atoms with Gasteiger partial charge in [0, 0.05) is 12.8 Å². The summed E-state index contributed by atoms with van der Waals surface area (Å²) < 4.78 is 354. The fourth-order valence-electron chi connectivity index (χ4n) is 4.76. The smallest absolute Gasteiger partial charge is 0.460 e. The monoisotopic (exact) mass is 958 g/mol. The van der Waals surface area contributed by atoms with Crippen molar-refractivity contribution in [2.45, 2.75) is 136 Å². The van der Waals surface area contributed by atoms with Crippen molar-refractivity contribution < 1.29 is 134 Å². The lowest BCUT2D eigenvalue weighted by Gasteiger charge is -2.39. The normalized spacial score (nSPS) is 15.0. The SMILES string of the molecule is O=C(O)c1ccc(OCCCCCCC(F)(F)C(F)(F)C(F)(F)C(F)(F)C(F)(F)C(F)(F)F)c(OCCCCCCC(F)(F)C(F)(F)C(F)(F)C(F)(F)C(F)(F)C(F)(F)F)c1. The lowest BCUT2D eigenvalue weighted by atomic mass is 9.91. The molecule has 0 aliphatic rings. The Morgan fingerprint density at radius 2 is 0.689 bits per heavy atom. The van der Waals surface area contributed by atoms with Crippen LogP contribution in [0.4, 0.5) is 114 Å². The van der Waals surface area contributed by atoms with Gasteiger partial charge in [-0.3, -0.25) is 0 Å². The molecule has 4 nitrogen and oxygen atoms in total. The van der Waals surface area contributed by atoms with Crippen LogP contribution >= 0.6 is 0 Å². The fraction of sp³-hybridized carbons (Fsp3) is 0.774. The first kappa shape index (κ1) is 55.5. The first-order chi connectivity index (χ1) is 27.0. The number of carboxylic acid groups (broad SMARTS) is 1. The molecule has 0 fully saturated rings. The van der Waals surface area contributed by atoms with Crippen LogP contribution in [0, 0.1) is 0 Å². The Kier molecular flexibility index (Phi) is 16.6. The zero-order chi connectivity index (χ0) is 48.3. The Bertz CT molecular complexity index is 1600. The molecule has 1 aromatic rings. The van der Waals surface area contributed by atoms with Gasteiger partial charge in [0.2, 0.25) is 0 Å². The topological polar surface area (TPSA) is 55.8 Å². The van der Waals surface area contributed by atoms with Gasteiger partial charge in [-0.15, -0.1) is 0 Å². The number of rotatable bonds is 25. The summed E-state index contributed by atoms with van der Waals surface area (Å²) in [6.07, 6.45) is -25.0. The molecule has 0 saturated heterocycles. The van der Waals surface area contributed by atoms with Gasteiger partial charge in [0.05, 0.1) is 18.8 Å². The number of carboxylic acids is 1. The van der Waals surface area contributed by atoms with Crippen LogP contribution in [0.15, 0.2) is 18.2 Å². The van der Waals surface area contributed by atoms with Crippen molar-refractivity contribution in [3.05, 3.63) is 23.8 Å². The molecular weight excluding hydrogens is 930 g/mol. The van der Waals surface area contributed by atoms with Gasteiger partial charge < -0.3 is 14.6 Å². The molecule has 30 heteroatoms. The molecule has 0 unspecified atom stereocenters. The predicted octanol–water partition coefficient (Wildman–Crippen LogP) is 13.5. The van der Waals surface area contributed by atoms with E-state index in [0.717, 1.165) is 18.2 Å². The molecular formula is C31H28F26O4. The van der Waals surface area contributed by atoms with Crippen molar-refractivity contribution in [2.75, 3.05) is 13.2 Å². The zero-order valence-corrected chi connectivity index (χ0v) is 29.7. The highest BCUT2D eigenvalue weighted by Gasteiger charge is 2.92. The lowest BCUT2D eigenvalue weighted by molar-refractivity contribution is -0.440. The van der Waals surface area contributed by atoms with Gasteiger partial charge in [-0.25, -0.2) is 4.79 Å². The summed E-state index contributed by atoms with van der Waals surface area (Å²) in [6, 6.07) is 2.67. The zero-order valence-electron chi connectivity index (χ0n) is 29.7. The van der Waals surface area contributed by atoms with Crippen molar-refractivity contribution >= 4 is 5.97 Å². The number of hydrogen-bond donors (Lipinski definition) is 1. The highest BCUT2D eigenvalue weighted by atomic mass is 19.4. The summed E-state index contributed by atoms with van der Waals surface area (Å²) in [5.74, 6) is -77.4. The van der Waals surface area contributed by atoms with Crippen molar-refractivity contribution in [1.29, 1.82) is 0 Å². The van der Waals surface area contributed by atoms with Crippen LogP contribution in [-0.2, 0) is 0 Å². The molecule has 0 saturated carbocycles. The Morgan fingerprint density at radius 1 is 0.393 bits per heavy atom. The van der Waals surface area contributed by atoms with Crippen LogP contribution in [0.1, 0.15) is 74.6 Å². The largest absolute Gasteiger partial charge is 0.490 e. The summed E-state index contributed by atoms with van der Waals surface area (Å²) in [5, 5.41) is 9.17. The summed E-state index contributed by atoms with van der Waals surface area (Å²) in [4.78, 5) is 11.3. The molecule has 0 amide bonds. The summed E-state index contributed by atoms with van der Waals surface area (Å²) >= 11 is 0. The van der Waals surface area contributed by atoms with Gasteiger partial charge in [-0.1, -0.05) is 25.7 Å². The first-order valence-corrected chi connectivity index (χ1v) is 16.5. The molecule has 0 bridgehead atoms. The van der Waals surface area contributed by atoms with Gasteiger partial charge in [-0.2, -0.15) is 114 Å². The lowest BCUT2D eigenvalue weighted by Crippen LogP contribution is -2.70. The maximum Gasteiger partial charge on any atom is 0.460 e. The fourth-order valence-corrected chi connectivity index (χ4v) is 4.76. The van der Waals surface area contributed by atoms with Crippen LogP contribution in [0.2, 0.25) is 0 Å². The van der Waals surface area contributed by atoms with Crippen LogP contribution in [0.25, 0.3) is 0 Å². The molecule has 61 heavy (non-hydrogen) atoms. The van der Waals surface area contributed by atoms with Crippen LogP contribution in [0.3, 0.4) is 0 Å². The maximum atomic E-state index is 13.9. The predicted molar refractivity (Wildman–Crippen MR) is 152 cm³/mol. The van der Waals surface area contributed by atoms with Gasteiger partial charge in [0.1, 0.15) is 0 Å². The molecule has 1 N–H and O–H groups in total. The second-order valence-corrected chi connectivity index (χ2v) is 13.0. The standard InChI is InChI=1S/C31H28F26O4/c32-20(33,22(36,37)24(40,41)26(44,45)28(48,49)30(52,53)54)11-5-1-3-7-13-60-17-10-9-16(19(58)59)15-18(17)61-14-8-4-2-6-12-21(34,35)23(38,39)25(42,43)27(46,47)29(50,51)31(55,56)57/h9-10,15H,1-8,11-14H2,(H,58,59). The van der Waals surface area contributed by atoms with Crippen molar-refractivity contribution in [2.24, 2.45) is 0 Å². The molecule has 1 rings (SSSR count).